The summed E-state index contributed by atoms with van der Waals surface area (Å²) in [5.41, 5.74) is 0. The molecule has 0 radical (unpaired) electrons. The zero-order valence-corrected chi connectivity index (χ0v) is 16.2. The van der Waals surface area contributed by atoms with E-state index in [9.17, 15) is 4.79 Å². The Kier molecular flexibility index (Phi) is 5.11. The molecule has 1 fully saturated rings. The van der Waals surface area contributed by atoms with Crippen LogP contribution >= 0.6 is 0 Å². The Morgan fingerprint density at radius 1 is 1.00 bits per heavy atom. The molecule has 1 saturated heterocycles. The zero-order chi connectivity index (χ0) is 17.9. The van der Waals surface area contributed by atoms with Crippen LogP contribution in [0.3, 0.4) is 0 Å². The molecule has 0 amide bonds. The van der Waals surface area contributed by atoms with Crippen LogP contribution in [0.25, 0.3) is 0 Å². The van der Waals surface area contributed by atoms with Gasteiger partial charge in [0.15, 0.2) is 0 Å². The van der Waals surface area contributed by atoms with E-state index in [1.54, 1.807) is 0 Å². The molecule has 1 atom stereocenters. The summed E-state index contributed by atoms with van der Waals surface area (Å²) in [6, 6.07) is 21.1. The molecule has 0 spiro atoms. The van der Waals surface area contributed by atoms with Crippen LogP contribution in [-0.4, -0.2) is 27.0 Å². The molecule has 25 heavy (non-hydrogen) atoms. The highest BCUT2D eigenvalue weighted by molar-refractivity contribution is 6.99. The van der Waals surface area contributed by atoms with Crippen molar-refractivity contribution in [2.45, 2.75) is 44.8 Å². The number of ether oxygens (including phenoxy) is 1. The quantitative estimate of drug-likeness (QED) is 0.611. The average molecular weight is 355 g/mol. The van der Waals surface area contributed by atoms with Crippen LogP contribution in [0.1, 0.15) is 33.6 Å². The van der Waals surface area contributed by atoms with Gasteiger partial charge in [0, 0.05) is 6.42 Å². The summed E-state index contributed by atoms with van der Waals surface area (Å²) >= 11 is 0. The van der Waals surface area contributed by atoms with Crippen LogP contribution in [0, 0.1) is 0 Å². The predicted molar refractivity (Wildman–Crippen MR) is 103 cm³/mol. The monoisotopic (exact) mass is 354 g/mol. The molecule has 0 bridgehead atoms. The van der Waals surface area contributed by atoms with Crippen molar-refractivity contribution in [1.82, 2.24) is 0 Å². The molecular formula is C21H26O3Si. The van der Waals surface area contributed by atoms with Crippen molar-refractivity contribution in [3.05, 3.63) is 60.7 Å². The van der Waals surface area contributed by atoms with Gasteiger partial charge in [-0.1, -0.05) is 81.4 Å². The van der Waals surface area contributed by atoms with E-state index in [4.69, 9.17) is 9.16 Å². The third kappa shape index (κ3) is 3.55. The van der Waals surface area contributed by atoms with E-state index in [2.05, 4.69) is 69.3 Å². The Balaban J connectivity index is 2.04. The molecule has 0 N–H and O–H groups in total. The summed E-state index contributed by atoms with van der Waals surface area (Å²) in [6.45, 7) is 7.21. The highest BCUT2D eigenvalue weighted by Gasteiger charge is 2.50. The summed E-state index contributed by atoms with van der Waals surface area (Å²) in [4.78, 5) is 11.4. The van der Waals surface area contributed by atoms with Crippen molar-refractivity contribution in [1.29, 1.82) is 0 Å². The van der Waals surface area contributed by atoms with Gasteiger partial charge in [-0.25, -0.2) is 0 Å². The summed E-state index contributed by atoms with van der Waals surface area (Å²) in [5.74, 6) is -0.115. The zero-order valence-electron chi connectivity index (χ0n) is 15.2. The number of hydrogen-bond acceptors (Lipinski definition) is 3. The minimum atomic E-state index is -2.53. The molecule has 132 valence electrons. The van der Waals surface area contributed by atoms with E-state index in [0.29, 0.717) is 13.0 Å². The first-order valence-electron chi connectivity index (χ1n) is 8.88. The maximum absolute atomic E-state index is 11.4. The van der Waals surface area contributed by atoms with Crippen molar-refractivity contribution >= 4 is 24.7 Å². The SMILES string of the molecule is CC(C)(C)[Si](OC[C@@H]1CCC(=O)O1)(c1ccccc1)c1ccccc1. The summed E-state index contributed by atoms with van der Waals surface area (Å²) < 4.78 is 12.2. The number of benzene rings is 2. The lowest BCUT2D eigenvalue weighted by molar-refractivity contribution is -0.142. The van der Waals surface area contributed by atoms with Crippen molar-refractivity contribution < 1.29 is 14.0 Å². The molecule has 2 aromatic carbocycles. The molecule has 3 nitrogen and oxygen atoms in total. The molecule has 1 heterocycles. The van der Waals surface area contributed by atoms with Crippen LogP contribution in [-0.2, 0) is 14.0 Å². The predicted octanol–water partition coefficient (Wildman–Crippen LogP) is 3.27. The van der Waals surface area contributed by atoms with Crippen LogP contribution in [0.5, 0.6) is 0 Å². The maximum Gasteiger partial charge on any atom is 0.306 e. The Hall–Kier alpha value is -1.91. The number of rotatable bonds is 5. The van der Waals surface area contributed by atoms with Gasteiger partial charge in [-0.3, -0.25) is 4.79 Å². The topological polar surface area (TPSA) is 35.5 Å². The van der Waals surface area contributed by atoms with E-state index >= 15 is 0 Å². The van der Waals surface area contributed by atoms with Gasteiger partial charge in [-0.2, -0.15) is 0 Å². The first-order valence-corrected chi connectivity index (χ1v) is 10.8. The molecule has 0 aliphatic carbocycles. The number of hydrogen-bond donors (Lipinski definition) is 0. The van der Waals surface area contributed by atoms with Gasteiger partial charge in [0.25, 0.3) is 8.32 Å². The van der Waals surface area contributed by atoms with E-state index < -0.39 is 8.32 Å². The molecule has 4 heteroatoms. The molecule has 1 aliphatic heterocycles. The summed E-state index contributed by atoms with van der Waals surface area (Å²) in [7, 11) is -2.53. The lowest BCUT2D eigenvalue weighted by Gasteiger charge is -2.43. The van der Waals surface area contributed by atoms with E-state index in [0.717, 1.165) is 6.42 Å². The molecule has 3 rings (SSSR count). The number of esters is 1. The van der Waals surface area contributed by atoms with Gasteiger partial charge in [0.1, 0.15) is 6.10 Å². The van der Waals surface area contributed by atoms with Crippen molar-refractivity contribution in [2.24, 2.45) is 0 Å². The van der Waals surface area contributed by atoms with E-state index in [1.807, 2.05) is 12.1 Å². The summed E-state index contributed by atoms with van der Waals surface area (Å²) in [5, 5.41) is 2.44. The fourth-order valence-electron chi connectivity index (χ4n) is 3.68. The molecular weight excluding hydrogens is 328 g/mol. The minimum absolute atomic E-state index is 0.0572. The first kappa shape index (κ1) is 17.9. The minimum Gasteiger partial charge on any atom is -0.460 e. The summed E-state index contributed by atoms with van der Waals surface area (Å²) in [6.07, 6.45) is 1.11. The molecule has 0 aromatic heterocycles. The fraction of sp³-hybridized carbons (Fsp3) is 0.381. The fourth-order valence-corrected chi connectivity index (χ4v) is 8.27. The van der Waals surface area contributed by atoms with Crippen molar-refractivity contribution in [3.63, 3.8) is 0 Å². The highest BCUT2D eigenvalue weighted by Crippen LogP contribution is 2.37. The second-order valence-corrected chi connectivity index (χ2v) is 11.9. The molecule has 0 saturated carbocycles. The number of carbonyl (C=O) groups excluding carboxylic acids is 1. The van der Waals surface area contributed by atoms with Gasteiger partial charge in [0.2, 0.25) is 0 Å². The standard InChI is InChI=1S/C21H26O3Si/c1-21(2,3)25(18-10-6-4-7-11-18,19-12-8-5-9-13-19)23-16-17-14-15-20(22)24-17/h4-13,17H,14-16H2,1-3H3/t17-/m0/s1. The molecule has 0 unspecified atom stereocenters. The Bertz CT molecular complexity index is 667. The van der Waals surface area contributed by atoms with E-state index in [-0.39, 0.29) is 17.1 Å². The van der Waals surface area contributed by atoms with Crippen molar-refractivity contribution in [2.75, 3.05) is 6.61 Å². The second kappa shape index (κ2) is 7.14. The van der Waals surface area contributed by atoms with Crippen LogP contribution in [0.4, 0.5) is 0 Å². The van der Waals surface area contributed by atoms with Crippen molar-refractivity contribution in [3.8, 4) is 0 Å². The van der Waals surface area contributed by atoms with E-state index in [1.165, 1.54) is 10.4 Å². The van der Waals surface area contributed by atoms with Gasteiger partial charge < -0.3 is 9.16 Å². The van der Waals surface area contributed by atoms with Gasteiger partial charge in [-0.05, 0) is 21.8 Å². The lowest BCUT2D eigenvalue weighted by Crippen LogP contribution is -2.67. The Labute approximate surface area is 151 Å². The van der Waals surface area contributed by atoms with Gasteiger partial charge in [-0.15, -0.1) is 0 Å². The largest absolute Gasteiger partial charge is 0.460 e. The Morgan fingerprint density at radius 2 is 1.52 bits per heavy atom. The van der Waals surface area contributed by atoms with Crippen LogP contribution in [0.2, 0.25) is 5.04 Å². The van der Waals surface area contributed by atoms with Gasteiger partial charge >= 0.3 is 5.97 Å². The molecule has 2 aromatic rings. The average Bonchev–Trinajstić information content (AvgIpc) is 3.02. The number of carbonyl (C=O) groups is 1. The van der Waals surface area contributed by atoms with Gasteiger partial charge in [0.05, 0.1) is 6.61 Å². The third-order valence-electron chi connectivity index (χ3n) is 4.87. The maximum atomic E-state index is 11.4. The third-order valence-corrected chi connectivity index (χ3v) is 9.88. The number of cyclic esters (lactones) is 1. The first-order chi connectivity index (χ1) is 11.9. The lowest BCUT2D eigenvalue weighted by atomic mass is 10.2. The van der Waals surface area contributed by atoms with Crippen LogP contribution in [0.15, 0.2) is 60.7 Å². The normalized spacial score (nSPS) is 18.2. The second-order valence-electron chi connectivity index (χ2n) is 7.62. The Morgan fingerprint density at radius 3 is 1.92 bits per heavy atom. The van der Waals surface area contributed by atoms with Crippen LogP contribution < -0.4 is 10.4 Å². The molecule has 1 aliphatic rings. The highest BCUT2D eigenvalue weighted by atomic mass is 28.4. The smallest absolute Gasteiger partial charge is 0.306 e.